The Labute approximate surface area is 94.2 Å². The van der Waals surface area contributed by atoms with E-state index in [9.17, 15) is 4.39 Å². The van der Waals surface area contributed by atoms with E-state index in [-0.39, 0.29) is 18.5 Å². The first-order chi connectivity index (χ1) is 7.78. The predicted octanol–water partition coefficient (Wildman–Crippen LogP) is 1.32. The van der Waals surface area contributed by atoms with E-state index in [2.05, 4.69) is 5.32 Å². The molecule has 0 saturated heterocycles. The molecular formula is C12H16FNO2. The van der Waals surface area contributed by atoms with Crippen molar-refractivity contribution in [2.75, 3.05) is 13.2 Å². The van der Waals surface area contributed by atoms with Crippen molar-refractivity contribution in [1.82, 2.24) is 5.32 Å². The molecule has 1 aliphatic rings. The Bertz CT molecular complexity index is 342. The number of halogens is 1. The minimum atomic E-state index is -0.312. The van der Waals surface area contributed by atoms with Crippen molar-refractivity contribution < 1.29 is 14.2 Å². The van der Waals surface area contributed by atoms with Crippen molar-refractivity contribution in [3.05, 3.63) is 30.1 Å². The minimum Gasteiger partial charge on any atom is -0.492 e. The van der Waals surface area contributed by atoms with Gasteiger partial charge < -0.3 is 15.2 Å². The lowest BCUT2D eigenvalue weighted by atomic mass is 10.3. The molecule has 0 spiro atoms. The summed E-state index contributed by atoms with van der Waals surface area (Å²) in [6.07, 6.45) is 2.33. The van der Waals surface area contributed by atoms with E-state index in [0.29, 0.717) is 18.4 Å². The number of benzene rings is 1. The summed E-state index contributed by atoms with van der Waals surface area (Å²) >= 11 is 0. The molecule has 1 fully saturated rings. The Hall–Kier alpha value is -1.13. The summed E-state index contributed by atoms with van der Waals surface area (Å²) in [5, 5.41) is 12.4. The normalized spacial score (nSPS) is 17.1. The molecule has 0 aliphatic heterocycles. The Morgan fingerprint density at radius 3 is 2.94 bits per heavy atom. The fraction of sp³-hybridized carbons (Fsp3) is 0.500. The Morgan fingerprint density at radius 1 is 1.50 bits per heavy atom. The fourth-order valence-corrected chi connectivity index (χ4v) is 1.49. The molecular weight excluding hydrogens is 209 g/mol. The van der Waals surface area contributed by atoms with Gasteiger partial charge in [-0.2, -0.15) is 0 Å². The molecule has 4 heteroatoms. The van der Waals surface area contributed by atoms with Crippen LogP contribution in [0.5, 0.6) is 5.75 Å². The van der Waals surface area contributed by atoms with Gasteiger partial charge in [0.15, 0.2) is 0 Å². The molecule has 1 unspecified atom stereocenters. The number of nitrogens with one attached hydrogen (secondary N) is 1. The van der Waals surface area contributed by atoms with Gasteiger partial charge in [0.1, 0.15) is 18.2 Å². The van der Waals surface area contributed by atoms with Crippen molar-refractivity contribution in [3.63, 3.8) is 0 Å². The molecule has 0 aromatic heterocycles. The van der Waals surface area contributed by atoms with Crippen LogP contribution in [0.2, 0.25) is 0 Å². The second-order valence-corrected chi connectivity index (χ2v) is 4.09. The van der Waals surface area contributed by atoms with Gasteiger partial charge in [0.05, 0.1) is 12.6 Å². The topological polar surface area (TPSA) is 41.5 Å². The first-order valence-corrected chi connectivity index (χ1v) is 5.53. The lowest BCUT2D eigenvalue weighted by Crippen LogP contribution is -2.39. The van der Waals surface area contributed by atoms with Crippen LogP contribution in [-0.4, -0.2) is 30.4 Å². The van der Waals surface area contributed by atoms with E-state index in [1.165, 1.54) is 12.1 Å². The van der Waals surface area contributed by atoms with Gasteiger partial charge in [-0.1, -0.05) is 6.07 Å². The van der Waals surface area contributed by atoms with Crippen LogP contribution in [0.4, 0.5) is 4.39 Å². The van der Waals surface area contributed by atoms with Gasteiger partial charge in [0.2, 0.25) is 0 Å². The zero-order valence-electron chi connectivity index (χ0n) is 9.03. The first-order valence-electron chi connectivity index (χ1n) is 5.53. The van der Waals surface area contributed by atoms with Crippen LogP contribution in [-0.2, 0) is 0 Å². The summed E-state index contributed by atoms with van der Waals surface area (Å²) < 4.78 is 18.3. The van der Waals surface area contributed by atoms with Gasteiger partial charge in [-0.05, 0) is 25.0 Å². The highest BCUT2D eigenvalue weighted by atomic mass is 19.1. The second kappa shape index (κ2) is 5.27. The maximum Gasteiger partial charge on any atom is 0.126 e. The smallest absolute Gasteiger partial charge is 0.126 e. The average molecular weight is 225 g/mol. The molecule has 0 radical (unpaired) electrons. The zero-order valence-corrected chi connectivity index (χ0v) is 9.03. The van der Waals surface area contributed by atoms with Gasteiger partial charge in [-0.15, -0.1) is 0 Å². The molecule has 2 N–H and O–H groups in total. The average Bonchev–Trinajstić information content (AvgIpc) is 3.08. The van der Waals surface area contributed by atoms with Crippen LogP contribution in [0.15, 0.2) is 24.3 Å². The molecule has 1 aromatic rings. The van der Waals surface area contributed by atoms with E-state index < -0.39 is 0 Å². The van der Waals surface area contributed by atoms with Crippen LogP contribution in [0.25, 0.3) is 0 Å². The quantitative estimate of drug-likeness (QED) is 0.767. The molecule has 1 atom stereocenters. The molecule has 1 aromatic carbocycles. The highest BCUT2D eigenvalue weighted by Crippen LogP contribution is 2.19. The number of rotatable bonds is 6. The number of aliphatic hydroxyl groups is 1. The van der Waals surface area contributed by atoms with Crippen LogP contribution < -0.4 is 10.1 Å². The number of hydrogen-bond donors (Lipinski definition) is 2. The van der Waals surface area contributed by atoms with Crippen molar-refractivity contribution in [3.8, 4) is 5.75 Å². The number of hydrogen-bond acceptors (Lipinski definition) is 3. The summed E-state index contributed by atoms with van der Waals surface area (Å²) in [4.78, 5) is 0. The van der Waals surface area contributed by atoms with Gasteiger partial charge in [-0.3, -0.25) is 0 Å². The molecule has 0 bridgehead atoms. The third-order valence-electron chi connectivity index (χ3n) is 2.52. The Morgan fingerprint density at radius 2 is 2.31 bits per heavy atom. The molecule has 1 aliphatic carbocycles. The SMILES string of the molecule is OCC(COc1cccc(F)c1)NC1CC1. The molecule has 88 valence electrons. The molecule has 16 heavy (non-hydrogen) atoms. The van der Waals surface area contributed by atoms with Gasteiger partial charge in [0, 0.05) is 12.1 Å². The minimum absolute atomic E-state index is 0.0335. The third kappa shape index (κ3) is 3.47. The summed E-state index contributed by atoms with van der Waals surface area (Å²) in [5.41, 5.74) is 0. The van der Waals surface area contributed by atoms with Crippen molar-refractivity contribution in [2.45, 2.75) is 24.9 Å². The van der Waals surface area contributed by atoms with Crippen LogP contribution in [0.1, 0.15) is 12.8 Å². The summed E-state index contributed by atoms with van der Waals surface area (Å²) in [7, 11) is 0. The fourth-order valence-electron chi connectivity index (χ4n) is 1.49. The van der Waals surface area contributed by atoms with E-state index >= 15 is 0 Å². The molecule has 0 heterocycles. The molecule has 2 rings (SSSR count). The highest BCUT2D eigenvalue weighted by Gasteiger charge is 2.24. The third-order valence-corrected chi connectivity index (χ3v) is 2.52. The summed E-state index contributed by atoms with van der Waals surface area (Å²) in [5.74, 6) is 0.184. The van der Waals surface area contributed by atoms with Crippen LogP contribution in [0, 0.1) is 5.82 Å². The van der Waals surface area contributed by atoms with Crippen LogP contribution >= 0.6 is 0 Å². The Balaban J connectivity index is 1.80. The van der Waals surface area contributed by atoms with E-state index in [1.54, 1.807) is 12.1 Å². The molecule has 1 saturated carbocycles. The van der Waals surface area contributed by atoms with Gasteiger partial charge in [-0.25, -0.2) is 4.39 Å². The number of ether oxygens (including phenoxy) is 1. The maximum absolute atomic E-state index is 12.8. The maximum atomic E-state index is 12.8. The van der Waals surface area contributed by atoms with E-state index in [0.717, 1.165) is 12.8 Å². The Kier molecular flexibility index (Phi) is 3.74. The summed E-state index contributed by atoms with van der Waals surface area (Å²) in [6, 6.07) is 6.47. The van der Waals surface area contributed by atoms with Gasteiger partial charge >= 0.3 is 0 Å². The molecule has 3 nitrogen and oxygen atoms in total. The molecule has 0 amide bonds. The zero-order chi connectivity index (χ0) is 11.4. The lowest BCUT2D eigenvalue weighted by Gasteiger charge is -2.16. The first kappa shape index (κ1) is 11.4. The van der Waals surface area contributed by atoms with E-state index in [1.807, 2.05) is 0 Å². The monoisotopic (exact) mass is 225 g/mol. The standard InChI is InChI=1S/C12H16FNO2/c13-9-2-1-3-12(6-9)16-8-11(7-15)14-10-4-5-10/h1-3,6,10-11,14-15H,4-5,7-8H2. The van der Waals surface area contributed by atoms with Crippen molar-refractivity contribution in [1.29, 1.82) is 0 Å². The van der Waals surface area contributed by atoms with Crippen molar-refractivity contribution in [2.24, 2.45) is 0 Å². The van der Waals surface area contributed by atoms with Crippen molar-refractivity contribution >= 4 is 0 Å². The second-order valence-electron chi connectivity index (χ2n) is 4.09. The highest BCUT2D eigenvalue weighted by molar-refractivity contribution is 5.22. The van der Waals surface area contributed by atoms with E-state index in [4.69, 9.17) is 9.84 Å². The van der Waals surface area contributed by atoms with Gasteiger partial charge in [0.25, 0.3) is 0 Å². The lowest BCUT2D eigenvalue weighted by molar-refractivity contribution is 0.181. The number of aliphatic hydroxyl groups excluding tert-OH is 1. The predicted molar refractivity (Wildman–Crippen MR) is 58.9 cm³/mol. The largest absolute Gasteiger partial charge is 0.492 e. The summed E-state index contributed by atoms with van der Waals surface area (Å²) in [6.45, 7) is 0.391. The van der Waals surface area contributed by atoms with Crippen LogP contribution in [0.3, 0.4) is 0 Å².